The summed E-state index contributed by atoms with van der Waals surface area (Å²) in [4.78, 5) is 0. The summed E-state index contributed by atoms with van der Waals surface area (Å²) in [6, 6.07) is 8.77. The van der Waals surface area contributed by atoms with E-state index in [2.05, 4.69) is 73.2 Å². The Morgan fingerprint density at radius 3 is 2.42 bits per heavy atom. The summed E-state index contributed by atoms with van der Waals surface area (Å²) >= 11 is 3.63. The van der Waals surface area contributed by atoms with Gasteiger partial charge in [-0.05, 0) is 37.4 Å². The van der Waals surface area contributed by atoms with Gasteiger partial charge in [-0.3, -0.25) is 0 Å². The third-order valence-electron chi connectivity index (χ3n) is 3.28. The van der Waals surface area contributed by atoms with Crippen LogP contribution in [0.2, 0.25) is 0 Å². The summed E-state index contributed by atoms with van der Waals surface area (Å²) in [6.07, 6.45) is 1.23. The van der Waals surface area contributed by atoms with Gasteiger partial charge >= 0.3 is 0 Å². The van der Waals surface area contributed by atoms with Crippen LogP contribution in [0.4, 0.5) is 0 Å². The first-order chi connectivity index (χ1) is 9.10. The van der Waals surface area contributed by atoms with Crippen LogP contribution in [-0.4, -0.2) is 25.3 Å². The summed E-state index contributed by atoms with van der Waals surface area (Å²) in [7, 11) is 0. The maximum absolute atomic E-state index is 5.95. The van der Waals surface area contributed by atoms with E-state index in [0.717, 1.165) is 19.6 Å². The average Bonchev–Trinajstić information content (AvgIpc) is 2.37. The van der Waals surface area contributed by atoms with Crippen LogP contribution in [0.1, 0.15) is 33.3 Å². The highest BCUT2D eigenvalue weighted by atomic mass is 79.9. The first-order valence-corrected chi connectivity index (χ1v) is 7.97. The Labute approximate surface area is 126 Å². The van der Waals surface area contributed by atoms with Crippen molar-refractivity contribution in [1.29, 1.82) is 0 Å². The molecule has 0 saturated carbocycles. The van der Waals surface area contributed by atoms with Crippen LogP contribution in [0.25, 0.3) is 0 Å². The van der Waals surface area contributed by atoms with E-state index in [-0.39, 0.29) is 6.10 Å². The molecule has 19 heavy (non-hydrogen) atoms. The molecule has 0 bridgehead atoms. The molecule has 2 nitrogen and oxygen atoms in total. The minimum Gasteiger partial charge on any atom is -0.377 e. The molecule has 0 aliphatic rings. The second-order valence-corrected chi connectivity index (χ2v) is 5.98. The number of nitrogens with one attached hydrogen (secondary N) is 1. The molecule has 3 heteroatoms. The van der Waals surface area contributed by atoms with Crippen LogP contribution < -0.4 is 5.32 Å². The molecule has 0 aliphatic heterocycles. The van der Waals surface area contributed by atoms with E-state index in [9.17, 15) is 0 Å². The van der Waals surface area contributed by atoms with Gasteiger partial charge in [0.15, 0.2) is 0 Å². The van der Waals surface area contributed by atoms with Crippen LogP contribution in [0.5, 0.6) is 0 Å². The van der Waals surface area contributed by atoms with E-state index in [1.165, 1.54) is 10.0 Å². The van der Waals surface area contributed by atoms with Gasteiger partial charge in [0.2, 0.25) is 0 Å². The Morgan fingerprint density at radius 1 is 1.21 bits per heavy atom. The summed E-state index contributed by atoms with van der Waals surface area (Å²) in [5.74, 6) is 0.506. The van der Waals surface area contributed by atoms with Gasteiger partial charge in [0.1, 0.15) is 0 Å². The Hall–Kier alpha value is -0.380. The number of halogens is 1. The smallest absolute Gasteiger partial charge is 0.0753 e. The molecule has 1 aromatic carbocycles. The second-order valence-electron chi connectivity index (χ2n) is 5.12. The molecular weight excluding hydrogens is 302 g/mol. The molecule has 108 valence electrons. The summed E-state index contributed by atoms with van der Waals surface area (Å²) in [5.41, 5.74) is 1.33. The van der Waals surface area contributed by atoms with Crippen LogP contribution in [0, 0.1) is 5.92 Å². The van der Waals surface area contributed by atoms with Crippen LogP contribution in [0.15, 0.2) is 28.7 Å². The standard InChI is InChI=1S/C16H26BrNO/c1-5-18-15(16(12(3)4)19-6-2)11-13-9-7-8-10-14(13)17/h7-10,12,15-16,18H,5-6,11H2,1-4H3. The number of benzene rings is 1. The molecular formula is C16H26BrNO. The van der Waals surface area contributed by atoms with Crippen molar-refractivity contribution in [2.24, 2.45) is 5.92 Å². The monoisotopic (exact) mass is 327 g/mol. The summed E-state index contributed by atoms with van der Waals surface area (Å²) < 4.78 is 7.13. The highest BCUT2D eigenvalue weighted by Gasteiger charge is 2.25. The maximum atomic E-state index is 5.95. The number of likely N-dealkylation sites (N-methyl/N-ethyl adjacent to an activating group) is 1. The molecule has 0 fully saturated rings. The van der Waals surface area contributed by atoms with Crippen molar-refractivity contribution in [3.8, 4) is 0 Å². The Kier molecular flexibility index (Phi) is 7.66. The van der Waals surface area contributed by atoms with Crippen molar-refractivity contribution >= 4 is 15.9 Å². The average molecular weight is 328 g/mol. The molecule has 0 amide bonds. The van der Waals surface area contributed by atoms with Gasteiger partial charge < -0.3 is 10.1 Å². The maximum Gasteiger partial charge on any atom is 0.0753 e. The zero-order valence-corrected chi connectivity index (χ0v) is 14.0. The van der Waals surface area contributed by atoms with E-state index in [4.69, 9.17) is 4.74 Å². The second kappa shape index (κ2) is 8.72. The van der Waals surface area contributed by atoms with E-state index >= 15 is 0 Å². The number of hydrogen-bond acceptors (Lipinski definition) is 2. The lowest BCUT2D eigenvalue weighted by Gasteiger charge is -2.31. The predicted octanol–water partition coefficient (Wildman–Crippen LogP) is 4.03. The Balaban J connectivity index is 2.84. The topological polar surface area (TPSA) is 21.3 Å². The third-order valence-corrected chi connectivity index (χ3v) is 4.05. The molecule has 2 atom stereocenters. The van der Waals surface area contributed by atoms with Crippen molar-refractivity contribution < 1.29 is 4.74 Å². The molecule has 1 rings (SSSR count). The largest absolute Gasteiger partial charge is 0.377 e. The molecule has 0 aromatic heterocycles. The minimum absolute atomic E-state index is 0.247. The summed E-state index contributed by atoms with van der Waals surface area (Å²) in [5, 5.41) is 3.58. The van der Waals surface area contributed by atoms with Gasteiger partial charge in [0, 0.05) is 17.1 Å². The van der Waals surface area contributed by atoms with Crippen molar-refractivity contribution in [1.82, 2.24) is 5.32 Å². The van der Waals surface area contributed by atoms with Gasteiger partial charge in [-0.1, -0.05) is 54.9 Å². The lowest BCUT2D eigenvalue weighted by atomic mass is 9.93. The lowest BCUT2D eigenvalue weighted by molar-refractivity contribution is 0.00392. The van der Waals surface area contributed by atoms with Gasteiger partial charge in [0.25, 0.3) is 0 Å². The van der Waals surface area contributed by atoms with Crippen LogP contribution in [-0.2, 0) is 11.2 Å². The van der Waals surface area contributed by atoms with Crippen molar-refractivity contribution in [2.75, 3.05) is 13.2 Å². The minimum atomic E-state index is 0.247. The molecule has 0 radical (unpaired) electrons. The van der Waals surface area contributed by atoms with Crippen LogP contribution in [0.3, 0.4) is 0 Å². The Morgan fingerprint density at radius 2 is 1.89 bits per heavy atom. The zero-order chi connectivity index (χ0) is 14.3. The molecule has 1 N–H and O–H groups in total. The third kappa shape index (κ3) is 5.25. The fourth-order valence-electron chi connectivity index (χ4n) is 2.43. The SMILES string of the molecule is CCNC(Cc1ccccc1Br)C(OCC)C(C)C. The number of hydrogen-bond donors (Lipinski definition) is 1. The number of ether oxygens (including phenoxy) is 1. The van der Waals surface area contributed by atoms with Gasteiger partial charge in [0.05, 0.1) is 6.10 Å². The summed E-state index contributed by atoms with van der Waals surface area (Å²) in [6.45, 7) is 10.4. The highest BCUT2D eigenvalue weighted by molar-refractivity contribution is 9.10. The van der Waals surface area contributed by atoms with E-state index < -0.39 is 0 Å². The van der Waals surface area contributed by atoms with Crippen LogP contribution >= 0.6 is 15.9 Å². The molecule has 0 heterocycles. The van der Waals surface area contributed by atoms with Crippen molar-refractivity contribution in [3.05, 3.63) is 34.3 Å². The molecule has 2 unspecified atom stereocenters. The van der Waals surface area contributed by atoms with Gasteiger partial charge in [-0.15, -0.1) is 0 Å². The molecule has 1 aromatic rings. The quantitative estimate of drug-likeness (QED) is 0.778. The molecule has 0 saturated heterocycles. The molecule has 0 spiro atoms. The Bertz CT molecular complexity index is 368. The number of rotatable bonds is 8. The van der Waals surface area contributed by atoms with Crippen molar-refractivity contribution in [3.63, 3.8) is 0 Å². The zero-order valence-electron chi connectivity index (χ0n) is 12.4. The molecule has 0 aliphatic carbocycles. The van der Waals surface area contributed by atoms with E-state index in [1.54, 1.807) is 0 Å². The van der Waals surface area contributed by atoms with Gasteiger partial charge in [-0.2, -0.15) is 0 Å². The lowest BCUT2D eigenvalue weighted by Crippen LogP contribution is -2.45. The fraction of sp³-hybridized carbons (Fsp3) is 0.625. The van der Waals surface area contributed by atoms with E-state index in [1.807, 2.05) is 0 Å². The first-order valence-electron chi connectivity index (χ1n) is 7.18. The highest BCUT2D eigenvalue weighted by Crippen LogP contribution is 2.21. The predicted molar refractivity (Wildman–Crippen MR) is 85.6 cm³/mol. The fourth-order valence-corrected chi connectivity index (χ4v) is 2.88. The normalized spacial score (nSPS) is 14.6. The van der Waals surface area contributed by atoms with Gasteiger partial charge in [-0.25, -0.2) is 0 Å². The van der Waals surface area contributed by atoms with Crippen molar-refractivity contribution in [2.45, 2.75) is 46.3 Å². The first kappa shape index (κ1) is 16.7. The van der Waals surface area contributed by atoms with E-state index in [0.29, 0.717) is 12.0 Å².